The molecular weight excluding hydrogens is 246 g/mol. The summed E-state index contributed by atoms with van der Waals surface area (Å²) in [5.74, 6) is 0. The van der Waals surface area contributed by atoms with Crippen molar-refractivity contribution in [2.45, 2.75) is 33.6 Å². The molecule has 0 radical (unpaired) electrons. The average molecular weight is 263 g/mol. The van der Waals surface area contributed by atoms with Crippen LogP contribution in [-0.4, -0.2) is 4.57 Å². The van der Waals surface area contributed by atoms with E-state index in [2.05, 4.69) is 23.6 Å². The number of rotatable bonds is 2. The molecule has 1 aromatic rings. The molecular formula is C17H17N3. The lowest BCUT2D eigenvalue weighted by Gasteiger charge is -2.16. The number of aromatic nitrogens is 1. The van der Waals surface area contributed by atoms with Gasteiger partial charge in [-0.25, -0.2) is 0 Å². The van der Waals surface area contributed by atoms with Gasteiger partial charge in [0.05, 0.1) is 0 Å². The molecule has 0 saturated carbocycles. The van der Waals surface area contributed by atoms with E-state index < -0.39 is 0 Å². The van der Waals surface area contributed by atoms with Crippen molar-refractivity contribution < 1.29 is 0 Å². The second-order valence-electron chi connectivity index (χ2n) is 5.10. The average Bonchev–Trinajstić information content (AvgIpc) is 2.70. The van der Waals surface area contributed by atoms with Gasteiger partial charge >= 0.3 is 0 Å². The summed E-state index contributed by atoms with van der Waals surface area (Å²) in [6.45, 7) is 6.21. The van der Waals surface area contributed by atoms with Crippen molar-refractivity contribution in [3.63, 3.8) is 0 Å². The first-order valence-corrected chi connectivity index (χ1v) is 6.65. The monoisotopic (exact) mass is 263 g/mol. The Morgan fingerprint density at radius 3 is 2.55 bits per heavy atom. The van der Waals surface area contributed by atoms with Gasteiger partial charge in [0.1, 0.15) is 17.7 Å². The second-order valence-corrected chi connectivity index (χ2v) is 5.10. The second kappa shape index (κ2) is 5.63. The van der Waals surface area contributed by atoms with Crippen molar-refractivity contribution in [3.8, 4) is 12.1 Å². The van der Waals surface area contributed by atoms with Crippen molar-refractivity contribution >= 4 is 11.8 Å². The van der Waals surface area contributed by atoms with E-state index in [0.29, 0.717) is 0 Å². The van der Waals surface area contributed by atoms with Crippen molar-refractivity contribution in [1.82, 2.24) is 4.57 Å². The molecule has 3 heteroatoms. The normalized spacial score (nSPS) is 13.8. The maximum atomic E-state index is 8.87. The molecule has 0 spiro atoms. The van der Waals surface area contributed by atoms with Crippen LogP contribution in [0, 0.1) is 36.5 Å². The summed E-state index contributed by atoms with van der Waals surface area (Å²) < 4.78 is 2.18. The lowest BCUT2D eigenvalue weighted by molar-refractivity contribution is 0.919. The van der Waals surface area contributed by atoms with Crippen LogP contribution in [0.4, 0.5) is 0 Å². The minimum Gasteiger partial charge on any atom is -0.318 e. The third-order valence-electron chi connectivity index (χ3n) is 3.56. The van der Waals surface area contributed by atoms with Gasteiger partial charge < -0.3 is 4.57 Å². The standard InChI is InChI=1S/C17H17N3/c1-12-5-4-6-17(7-12)20-13(2)8-16(14(20)3)9-15(10-18)11-19/h6-9H,4-5H2,1-3H3. The Balaban J connectivity index is 2.52. The molecule has 0 unspecified atom stereocenters. The number of aryl methyl sites for hydroxylation is 1. The first-order chi connectivity index (χ1) is 9.56. The van der Waals surface area contributed by atoms with Gasteiger partial charge in [0.2, 0.25) is 0 Å². The largest absolute Gasteiger partial charge is 0.318 e. The van der Waals surface area contributed by atoms with Crippen LogP contribution in [-0.2, 0) is 0 Å². The summed E-state index contributed by atoms with van der Waals surface area (Å²) in [5, 5.41) is 17.7. The molecule has 1 aliphatic carbocycles. The van der Waals surface area contributed by atoms with Gasteiger partial charge in [0, 0.05) is 17.1 Å². The Morgan fingerprint density at radius 2 is 1.95 bits per heavy atom. The van der Waals surface area contributed by atoms with Crippen LogP contribution in [0.25, 0.3) is 11.8 Å². The topological polar surface area (TPSA) is 52.5 Å². The van der Waals surface area contributed by atoms with E-state index in [-0.39, 0.29) is 5.57 Å². The third kappa shape index (κ3) is 2.58. The van der Waals surface area contributed by atoms with Gasteiger partial charge in [-0.05, 0) is 57.4 Å². The van der Waals surface area contributed by atoms with Crippen LogP contribution in [0.2, 0.25) is 0 Å². The zero-order valence-corrected chi connectivity index (χ0v) is 12.1. The van der Waals surface area contributed by atoms with Gasteiger partial charge in [-0.2, -0.15) is 10.5 Å². The summed E-state index contributed by atoms with van der Waals surface area (Å²) >= 11 is 0. The molecule has 0 bridgehead atoms. The minimum absolute atomic E-state index is 0.134. The van der Waals surface area contributed by atoms with Crippen LogP contribution < -0.4 is 0 Å². The Kier molecular flexibility index (Phi) is 3.91. The van der Waals surface area contributed by atoms with Gasteiger partial charge in [0.25, 0.3) is 0 Å². The highest BCUT2D eigenvalue weighted by atomic mass is 15.0. The Hall–Kier alpha value is -2.52. The molecule has 1 heterocycles. The Morgan fingerprint density at radius 1 is 1.25 bits per heavy atom. The zero-order chi connectivity index (χ0) is 14.7. The van der Waals surface area contributed by atoms with E-state index in [1.807, 2.05) is 32.1 Å². The van der Waals surface area contributed by atoms with Crippen molar-refractivity contribution in [2.75, 3.05) is 0 Å². The Bertz CT molecular complexity index is 697. The number of hydrogen-bond donors (Lipinski definition) is 0. The molecule has 0 amide bonds. The highest BCUT2D eigenvalue weighted by molar-refractivity contribution is 5.69. The van der Waals surface area contributed by atoms with E-state index >= 15 is 0 Å². The molecule has 1 aromatic heterocycles. The van der Waals surface area contributed by atoms with Crippen molar-refractivity contribution in [1.29, 1.82) is 10.5 Å². The van der Waals surface area contributed by atoms with Crippen molar-refractivity contribution in [2.24, 2.45) is 0 Å². The van der Waals surface area contributed by atoms with Crippen LogP contribution in [0.1, 0.15) is 36.7 Å². The molecule has 0 saturated heterocycles. The van der Waals surface area contributed by atoms with Gasteiger partial charge in [0.15, 0.2) is 0 Å². The molecule has 0 aromatic carbocycles. The van der Waals surface area contributed by atoms with Crippen LogP contribution in [0.5, 0.6) is 0 Å². The molecule has 1 aliphatic rings. The van der Waals surface area contributed by atoms with Crippen molar-refractivity contribution in [3.05, 3.63) is 46.3 Å². The van der Waals surface area contributed by atoms with Crippen LogP contribution >= 0.6 is 0 Å². The number of nitrogens with zero attached hydrogens (tertiary/aromatic N) is 3. The summed E-state index contributed by atoms with van der Waals surface area (Å²) in [6.07, 6.45) is 8.26. The van der Waals surface area contributed by atoms with E-state index in [1.165, 1.54) is 11.3 Å². The summed E-state index contributed by atoms with van der Waals surface area (Å²) in [7, 11) is 0. The summed E-state index contributed by atoms with van der Waals surface area (Å²) in [5.41, 5.74) is 5.79. The third-order valence-corrected chi connectivity index (χ3v) is 3.56. The van der Waals surface area contributed by atoms with Gasteiger partial charge in [-0.15, -0.1) is 0 Å². The maximum absolute atomic E-state index is 8.87. The molecule has 0 N–H and O–H groups in total. The lowest BCUT2D eigenvalue weighted by atomic mass is 10.0. The maximum Gasteiger partial charge on any atom is 0.130 e. The fraction of sp³-hybridized carbons (Fsp3) is 0.294. The SMILES string of the molecule is CC1=CC(n2c(C)cc(C=C(C#N)C#N)c2C)=CCC1. The van der Waals surface area contributed by atoms with E-state index in [9.17, 15) is 0 Å². The van der Waals surface area contributed by atoms with Gasteiger partial charge in [-0.1, -0.05) is 11.6 Å². The fourth-order valence-corrected chi connectivity index (χ4v) is 2.56. The number of nitriles is 2. The molecule has 20 heavy (non-hydrogen) atoms. The molecule has 0 atom stereocenters. The highest BCUT2D eigenvalue weighted by Crippen LogP contribution is 2.27. The van der Waals surface area contributed by atoms with E-state index in [0.717, 1.165) is 29.8 Å². The quantitative estimate of drug-likeness (QED) is 0.754. The highest BCUT2D eigenvalue weighted by Gasteiger charge is 2.12. The van der Waals surface area contributed by atoms with Crippen LogP contribution in [0.3, 0.4) is 0 Å². The number of hydrogen-bond acceptors (Lipinski definition) is 2. The molecule has 0 fully saturated rings. The first kappa shape index (κ1) is 13.9. The smallest absolute Gasteiger partial charge is 0.130 e. The molecule has 2 rings (SSSR count). The van der Waals surface area contributed by atoms with E-state index in [4.69, 9.17) is 10.5 Å². The molecule has 0 aliphatic heterocycles. The molecule has 100 valence electrons. The first-order valence-electron chi connectivity index (χ1n) is 6.65. The predicted octanol–water partition coefficient (Wildman–Crippen LogP) is 4.12. The minimum atomic E-state index is 0.134. The Labute approximate surface area is 119 Å². The van der Waals surface area contributed by atoms with E-state index in [1.54, 1.807) is 6.08 Å². The zero-order valence-electron chi connectivity index (χ0n) is 12.1. The van der Waals surface area contributed by atoms with Gasteiger partial charge in [-0.3, -0.25) is 0 Å². The lowest BCUT2D eigenvalue weighted by Crippen LogP contribution is -2.03. The summed E-state index contributed by atoms with van der Waals surface area (Å²) in [4.78, 5) is 0. The summed E-state index contributed by atoms with van der Waals surface area (Å²) in [6, 6.07) is 5.83. The molecule has 3 nitrogen and oxygen atoms in total. The predicted molar refractivity (Wildman–Crippen MR) is 80.4 cm³/mol. The number of allylic oxidation sites excluding steroid dienone is 5. The van der Waals surface area contributed by atoms with Crippen LogP contribution in [0.15, 0.2) is 29.4 Å². The fourth-order valence-electron chi connectivity index (χ4n) is 2.56.